The van der Waals surface area contributed by atoms with Gasteiger partial charge in [-0.1, -0.05) is 6.42 Å². The van der Waals surface area contributed by atoms with E-state index in [1.807, 2.05) is 11.8 Å². The predicted octanol–water partition coefficient (Wildman–Crippen LogP) is 1.82. The minimum Gasteiger partial charge on any atom is -0.481 e. The summed E-state index contributed by atoms with van der Waals surface area (Å²) in [7, 11) is 0. The number of carboxylic acid groups (broad SMARTS) is 1. The van der Waals surface area contributed by atoms with Gasteiger partial charge in [0, 0.05) is 12.1 Å². The summed E-state index contributed by atoms with van der Waals surface area (Å²) in [6.07, 6.45) is 4.23. The highest BCUT2D eigenvalue weighted by atomic mass is 32.2. The van der Waals surface area contributed by atoms with Crippen molar-refractivity contribution < 1.29 is 14.7 Å². The average molecular weight is 286 g/mol. The lowest BCUT2D eigenvalue weighted by Gasteiger charge is -2.29. The zero-order chi connectivity index (χ0) is 13.9. The van der Waals surface area contributed by atoms with Gasteiger partial charge in [-0.25, -0.2) is 4.79 Å². The Morgan fingerprint density at radius 1 is 1.21 bits per heavy atom. The first-order chi connectivity index (χ1) is 9.02. The van der Waals surface area contributed by atoms with Crippen LogP contribution in [0.3, 0.4) is 0 Å². The molecule has 0 bridgehead atoms. The van der Waals surface area contributed by atoms with Crippen molar-refractivity contribution in [1.29, 1.82) is 0 Å². The molecule has 5 nitrogen and oxygen atoms in total. The highest BCUT2D eigenvalue weighted by Crippen LogP contribution is 2.38. The fourth-order valence-electron chi connectivity index (χ4n) is 2.88. The second kappa shape index (κ2) is 6.03. The van der Waals surface area contributed by atoms with Gasteiger partial charge in [0.25, 0.3) is 0 Å². The van der Waals surface area contributed by atoms with Crippen LogP contribution in [0.25, 0.3) is 0 Å². The molecule has 1 saturated carbocycles. The zero-order valence-corrected chi connectivity index (χ0v) is 12.1. The molecule has 2 aliphatic rings. The standard InChI is InChI=1S/C13H22N2O3S/c1-13(11(16)17)6-2-3-10(13)15-12(18)14-9-4-7-19-8-5-9/h9-10H,2-8H2,1H3,(H,16,17)(H2,14,15,18). The molecule has 3 N–H and O–H groups in total. The summed E-state index contributed by atoms with van der Waals surface area (Å²) in [6, 6.07) is -0.238. The van der Waals surface area contributed by atoms with E-state index >= 15 is 0 Å². The zero-order valence-electron chi connectivity index (χ0n) is 11.3. The lowest BCUT2D eigenvalue weighted by atomic mass is 9.85. The van der Waals surface area contributed by atoms with Crippen molar-refractivity contribution in [2.45, 2.75) is 51.1 Å². The quantitative estimate of drug-likeness (QED) is 0.739. The second-order valence-electron chi connectivity index (χ2n) is 5.67. The number of hydrogen-bond donors (Lipinski definition) is 3. The van der Waals surface area contributed by atoms with Gasteiger partial charge in [-0.15, -0.1) is 0 Å². The van der Waals surface area contributed by atoms with E-state index in [0.29, 0.717) is 6.42 Å². The van der Waals surface area contributed by atoms with Crippen LogP contribution in [0.15, 0.2) is 0 Å². The topological polar surface area (TPSA) is 78.4 Å². The highest BCUT2D eigenvalue weighted by molar-refractivity contribution is 7.99. The Balaban J connectivity index is 1.86. The SMILES string of the molecule is CC1(C(=O)O)CCCC1NC(=O)NC1CCSCC1. The van der Waals surface area contributed by atoms with Crippen LogP contribution >= 0.6 is 11.8 Å². The number of carbonyl (C=O) groups is 2. The van der Waals surface area contributed by atoms with Crippen molar-refractivity contribution in [3.05, 3.63) is 0 Å². The summed E-state index contributed by atoms with van der Waals surface area (Å²) in [5, 5.41) is 15.1. The summed E-state index contributed by atoms with van der Waals surface area (Å²) in [5.74, 6) is 1.35. The molecule has 108 valence electrons. The molecule has 2 rings (SSSR count). The number of amides is 2. The smallest absolute Gasteiger partial charge is 0.315 e. The first kappa shape index (κ1) is 14.5. The Labute approximate surface area is 117 Å². The van der Waals surface area contributed by atoms with E-state index < -0.39 is 11.4 Å². The molecule has 0 aromatic heterocycles. The summed E-state index contributed by atoms with van der Waals surface area (Å²) < 4.78 is 0. The van der Waals surface area contributed by atoms with Gasteiger partial charge in [0.2, 0.25) is 0 Å². The van der Waals surface area contributed by atoms with Crippen LogP contribution < -0.4 is 10.6 Å². The maximum Gasteiger partial charge on any atom is 0.315 e. The number of urea groups is 1. The Morgan fingerprint density at radius 3 is 2.53 bits per heavy atom. The fraction of sp³-hybridized carbons (Fsp3) is 0.846. The molecule has 0 aromatic carbocycles. The van der Waals surface area contributed by atoms with E-state index in [0.717, 1.165) is 37.2 Å². The first-order valence-corrected chi connectivity index (χ1v) is 8.06. The van der Waals surface area contributed by atoms with Crippen molar-refractivity contribution in [2.75, 3.05) is 11.5 Å². The molecule has 2 atom stereocenters. The Bertz CT molecular complexity index is 358. The van der Waals surface area contributed by atoms with Gasteiger partial charge in [0.1, 0.15) is 0 Å². The van der Waals surface area contributed by atoms with Gasteiger partial charge < -0.3 is 15.7 Å². The predicted molar refractivity (Wildman–Crippen MR) is 75.4 cm³/mol. The number of carbonyl (C=O) groups excluding carboxylic acids is 1. The molecule has 1 aliphatic carbocycles. The van der Waals surface area contributed by atoms with Crippen molar-refractivity contribution in [3.8, 4) is 0 Å². The molecule has 0 radical (unpaired) electrons. The first-order valence-electron chi connectivity index (χ1n) is 6.90. The third-order valence-electron chi connectivity index (χ3n) is 4.31. The monoisotopic (exact) mass is 286 g/mol. The minimum absolute atomic E-state index is 0.212. The number of rotatable bonds is 3. The van der Waals surface area contributed by atoms with Crippen molar-refractivity contribution in [3.63, 3.8) is 0 Å². The summed E-state index contributed by atoms with van der Waals surface area (Å²) in [6.45, 7) is 1.73. The molecular formula is C13H22N2O3S. The van der Waals surface area contributed by atoms with Crippen LogP contribution in [0.2, 0.25) is 0 Å². The Morgan fingerprint density at radius 2 is 1.89 bits per heavy atom. The fourth-order valence-corrected chi connectivity index (χ4v) is 3.99. The third kappa shape index (κ3) is 3.35. The highest BCUT2D eigenvalue weighted by Gasteiger charge is 2.46. The van der Waals surface area contributed by atoms with Crippen LogP contribution in [0.4, 0.5) is 4.79 Å². The number of aliphatic carboxylic acids is 1. The van der Waals surface area contributed by atoms with Gasteiger partial charge in [-0.3, -0.25) is 4.79 Å². The maximum atomic E-state index is 12.0. The van der Waals surface area contributed by atoms with Gasteiger partial charge in [-0.05, 0) is 44.1 Å². The molecular weight excluding hydrogens is 264 g/mol. The van der Waals surface area contributed by atoms with E-state index in [4.69, 9.17) is 0 Å². The molecule has 2 amide bonds. The van der Waals surface area contributed by atoms with Crippen LogP contribution in [0, 0.1) is 5.41 Å². The summed E-state index contributed by atoms with van der Waals surface area (Å²) in [4.78, 5) is 23.3. The molecule has 1 aliphatic heterocycles. The molecule has 2 fully saturated rings. The van der Waals surface area contributed by atoms with E-state index in [-0.39, 0.29) is 18.1 Å². The van der Waals surface area contributed by atoms with E-state index in [1.54, 1.807) is 6.92 Å². The van der Waals surface area contributed by atoms with Gasteiger partial charge in [0.15, 0.2) is 0 Å². The maximum absolute atomic E-state index is 12.0. The summed E-state index contributed by atoms with van der Waals surface area (Å²) >= 11 is 1.91. The lowest BCUT2D eigenvalue weighted by Crippen LogP contribution is -2.52. The van der Waals surface area contributed by atoms with E-state index in [1.165, 1.54) is 0 Å². The van der Waals surface area contributed by atoms with Crippen LogP contribution in [0.1, 0.15) is 39.0 Å². The Kier molecular flexibility index (Phi) is 4.60. The summed E-state index contributed by atoms with van der Waals surface area (Å²) in [5.41, 5.74) is -0.820. The third-order valence-corrected chi connectivity index (χ3v) is 5.36. The minimum atomic E-state index is -0.820. The Hall–Kier alpha value is -0.910. The van der Waals surface area contributed by atoms with Gasteiger partial charge >= 0.3 is 12.0 Å². The van der Waals surface area contributed by atoms with Crippen molar-refractivity contribution in [1.82, 2.24) is 10.6 Å². The van der Waals surface area contributed by atoms with Crippen LogP contribution in [0.5, 0.6) is 0 Å². The molecule has 19 heavy (non-hydrogen) atoms. The molecule has 2 unspecified atom stereocenters. The van der Waals surface area contributed by atoms with Crippen molar-refractivity contribution >= 4 is 23.8 Å². The van der Waals surface area contributed by atoms with E-state index in [2.05, 4.69) is 10.6 Å². The van der Waals surface area contributed by atoms with Crippen LogP contribution in [-0.4, -0.2) is 40.7 Å². The van der Waals surface area contributed by atoms with Crippen molar-refractivity contribution in [2.24, 2.45) is 5.41 Å². The molecule has 0 aromatic rings. The molecule has 1 heterocycles. The normalized spacial score (nSPS) is 31.9. The lowest BCUT2D eigenvalue weighted by molar-refractivity contribution is -0.148. The second-order valence-corrected chi connectivity index (χ2v) is 6.90. The number of nitrogens with one attached hydrogen (secondary N) is 2. The molecule has 6 heteroatoms. The largest absolute Gasteiger partial charge is 0.481 e. The number of thioether (sulfide) groups is 1. The van der Waals surface area contributed by atoms with Gasteiger partial charge in [0.05, 0.1) is 5.41 Å². The molecule has 1 saturated heterocycles. The van der Waals surface area contributed by atoms with Gasteiger partial charge in [-0.2, -0.15) is 11.8 Å². The van der Waals surface area contributed by atoms with Crippen LogP contribution in [-0.2, 0) is 4.79 Å². The number of hydrogen-bond acceptors (Lipinski definition) is 3. The van der Waals surface area contributed by atoms with E-state index in [9.17, 15) is 14.7 Å². The number of carboxylic acids is 1. The average Bonchev–Trinajstić information content (AvgIpc) is 2.73. The molecule has 0 spiro atoms.